The Kier molecular flexibility index (Phi) is 6.84. The van der Waals surface area contributed by atoms with E-state index in [2.05, 4.69) is 6.92 Å². The standard InChI is InChI=1S/C15H22O5S/c1-12(6-4-2-3-5-7-15(16)17)13-8-10-14(11-9-13)21(18,19)20/h8-12H,2-7H2,1H3,(H,16,17)(H,18,19,20). The third-order valence-corrected chi connectivity index (χ3v) is 4.39. The monoisotopic (exact) mass is 314 g/mol. The summed E-state index contributed by atoms with van der Waals surface area (Å²) in [5.41, 5.74) is 1.04. The first-order chi connectivity index (χ1) is 9.80. The first-order valence-electron chi connectivity index (χ1n) is 7.10. The van der Waals surface area contributed by atoms with Gasteiger partial charge < -0.3 is 5.11 Å². The number of aliphatic carboxylic acids is 1. The van der Waals surface area contributed by atoms with E-state index in [-0.39, 0.29) is 11.3 Å². The molecule has 0 saturated heterocycles. The molecule has 1 rings (SSSR count). The van der Waals surface area contributed by atoms with Crippen LogP contribution in [0.15, 0.2) is 29.2 Å². The van der Waals surface area contributed by atoms with E-state index >= 15 is 0 Å². The molecule has 0 aliphatic heterocycles. The average Bonchev–Trinajstić information content (AvgIpc) is 2.41. The normalized spacial score (nSPS) is 13.0. The maximum absolute atomic E-state index is 10.9. The molecule has 21 heavy (non-hydrogen) atoms. The van der Waals surface area contributed by atoms with Crippen molar-refractivity contribution in [2.24, 2.45) is 0 Å². The Labute approximate surface area is 125 Å². The van der Waals surface area contributed by atoms with Crippen LogP contribution >= 0.6 is 0 Å². The molecule has 1 aromatic carbocycles. The van der Waals surface area contributed by atoms with E-state index in [0.717, 1.165) is 31.2 Å². The van der Waals surface area contributed by atoms with Gasteiger partial charge in [0.1, 0.15) is 0 Å². The first kappa shape index (κ1) is 17.7. The van der Waals surface area contributed by atoms with Crippen LogP contribution in [0, 0.1) is 0 Å². The lowest BCUT2D eigenvalue weighted by Gasteiger charge is -2.12. The molecule has 1 unspecified atom stereocenters. The summed E-state index contributed by atoms with van der Waals surface area (Å²) in [7, 11) is -4.13. The third kappa shape index (κ3) is 6.73. The topological polar surface area (TPSA) is 91.7 Å². The highest BCUT2D eigenvalue weighted by molar-refractivity contribution is 7.85. The van der Waals surface area contributed by atoms with Crippen molar-refractivity contribution < 1.29 is 22.9 Å². The lowest BCUT2D eigenvalue weighted by Crippen LogP contribution is -1.99. The van der Waals surface area contributed by atoms with Crippen LogP contribution in [0.3, 0.4) is 0 Å². The molecule has 0 heterocycles. The highest BCUT2D eigenvalue weighted by Crippen LogP contribution is 2.23. The SMILES string of the molecule is CC(CCCCCCC(=O)O)c1ccc(S(=O)(=O)O)cc1. The van der Waals surface area contributed by atoms with E-state index in [1.165, 1.54) is 12.1 Å². The molecule has 5 nitrogen and oxygen atoms in total. The highest BCUT2D eigenvalue weighted by atomic mass is 32.2. The summed E-state index contributed by atoms with van der Waals surface area (Å²) >= 11 is 0. The number of rotatable bonds is 9. The molecule has 0 radical (unpaired) electrons. The Balaban J connectivity index is 2.35. The summed E-state index contributed by atoms with van der Waals surface area (Å²) in [5, 5.41) is 8.53. The maximum Gasteiger partial charge on any atom is 0.303 e. The number of benzene rings is 1. The van der Waals surface area contributed by atoms with Crippen molar-refractivity contribution in [3.63, 3.8) is 0 Å². The van der Waals surface area contributed by atoms with Gasteiger partial charge in [-0.2, -0.15) is 8.42 Å². The molecule has 0 spiro atoms. The smallest absolute Gasteiger partial charge is 0.303 e. The van der Waals surface area contributed by atoms with Crippen molar-refractivity contribution in [2.75, 3.05) is 0 Å². The second-order valence-corrected chi connectivity index (χ2v) is 6.71. The van der Waals surface area contributed by atoms with Gasteiger partial charge in [0.2, 0.25) is 0 Å². The van der Waals surface area contributed by atoms with E-state index in [1.54, 1.807) is 12.1 Å². The first-order valence-corrected chi connectivity index (χ1v) is 8.54. The summed E-state index contributed by atoms with van der Waals surface area (Å²) < 4.78 is 30.8. The van der Waals surface area contributed by atoms with Gasteiger partial charge in [-0.05, 0) is 36.5 Å². The molecule has 0 aliphatic rings. The Morgan fingerprint density at radius 2 is 1.67 bits per heavy atom. The second kappa shape index (κ2) is 8.14. The van der Waals surface area contributed by atoms with Gasteiger partial charge >= 0.3 is 5.97 Å². The summed E-state index contributed by atoms with van der Waals surface area (Å²) in [6.45, 7) is 2.07. The van der Waals surface area contributed by atoms with Gasteiger partial charge in [0.15, 0.2) is 0 Å². The number of carbonyl (C=O) groups is 1. The predicted molar refractivity (Wildman–Crippen MR) is 80.0 cm³/mol. The summed E-state index contributed by atoms with van der Waals surface area (Å²) in [4.78, 5) is 10.3. The van der Waals surface area contributed by atoms with Crippen LogP contribution in [-0.2, 0) is 14.9 Å². The van der Waals surface area contributed by atoms with Gasteiger partial charge in [0.05, 0.1) is 4.90 Å². The predicted octanol–water partition coefficient (Wildman–Crippen LogP) is 3.46. The molecule has 0 bridgehead atoms. The Bertz CT molecular complexity index is 548. The fourth-order valence-corrected chi connectivity index (χ4v) is 2.70. The number of hydrogen-bond acceptors (Lipinski definition) is 3. The molecule has 2 N–H and O–H groups in total. The van der Waals surface area contributed by atoms with E-state index in [0.29, 0.717) is 12.3 Å². The van der Waals surface area contributed by atoms with Crippen LogP contribution in [0.25, 0.3) is 0 Å². The molecule has 0 aromatic heterocycles. The van der Waals surface area contributed by atoms with Crippen molar-refractivity contribution in [3.05, 3.63) is 29.8 Å². The molecule has 0 fully saturated rings. The molecule has 6 heteroatoms. The van der Waals surface area contributed by atoms with Gasteiger partial charge in [0, 0.05) is 6.42 Å². The van der Waals surface area contributed by atoms with Gasteiger partial charge in [-0.25, -0.2) is 0 Å². The average molecular weight is 314 g/mol. The van der Waals surface area contributed by atoms with E-state index in [4.69, 9.17) is 9.66 Å². The minimum atomic E-state index is -4.13. The van der Waals surface area contributed by atoms with Crippen LogP contribution in [0.5, 0.6) is 0 Å². The largest absolute Gasteiger partial charge is 0.481 e. The Morgan fingerprint density at radius 3 is 2.19 bits per heavy atom. The van der Waals surface area contributed by atoms with Crippen LogP contribution in [0.2, 0.25) is 0 Å². The molecule has 0 aliphatic carbocycles. The zero-order chi connectivity index (χ0) is 15.9. The number of carboxylic acids is 1. The lowest BCUT2D eigenvalue weighted by molar-refractivity contribution is -0.137. The van der Waals surface area contributed by atoms with Crippen molar-refractivity contribution in [3.8, 4) is 0 Å². The summed E-state index contributed by atoms with van der Waals surface area (Å²) in [5.74, 6) is -0.442. The van der Waals surface area contributed by atoms with Gasteiger partial charge in [-0.3, -0.25) is 9.35 Å². The summed E-state index contributed by atoms with van der Waals surface area (Å²) in [6, 6.07) is 6.26. The quantitative estimate of drug-likeness (QED) is 0.538. The van der Waals surface area contributed by atoms with Crippen LogP contribution in [0.4, 0.5) is 0 Å². The van der Waals surface area contributed by atoms with Crippen LogP contribution < -0.4 is 0 Å². The zero-order valence-electron chi connectivity index (χ0n) is 12.2. The van der Waals surface area contributed by atoms with Crippen LogP contribution in [0.1, 0.15) is 56.9 Å². The minimum absolute atomic E-state index is 0.0906. The van der Waals surface area contributed by atoms with Crippen molar-refractivity contribution in [2.45, 2.75) is 56.3 Å². The number of carboxylic acid groups (broad SMARTS) is 1. The number of hydrogen-bond donors (Lipinski definition) is 2. The van der Waals surface area contributed by atoms with E-state index in [9.17, 15) is 13.2 Å². The van der Waals surface area contributed by atoms with E-state index in [1.807, 2.05) is 0 Å². The molecular formula is C15H22O5S. The van der Waals surface area contributed by atoms with E-state index < -0.39 is 16.1 Å². The maximum atomic E-state index is 10.9. The van der Waals surface area contributed by atoms with Gasteiger partial charge in [-0.15, -0.1) is 0 Å². The van der Waals surface area contributed by atoms with Crippen LogP contribution in [-0.4, -0.2) is 24.0 Å². The van der Waals surface area contributed by atoms with Gasteiger partial charge in [0.25, 0.3) is 10.1 Å². The second-order valence-electron chi connectivity index (χ2n) is 5.29. The summed E-state index contributed by atoms with van der Waals surface area (Å²) in [6.07, 6.45) is 4.85. The third-order valence-electron chi connectivity index (χ3n) is 3.52. The Morgan fingerprint density at radius 1 is 1.10 bits per heavy atom. The zero-order valence-corrected chi connectivity index (χ0v) is 13.0. The van der Waals surface area contributed by atoms with Crippen molar-refractivity contribution in [1.82, 2.24) is 0 Å². The molecular weight excluding hydrogens is 292 g/mol. The molecule has 1 aromatic rings. The minimum Gasteiger partial charge on any atom is -0.481 e. The van der Waals surface area contributed by atoms with Crippen molar-refractivity contribution >= 4 is 16.1 Å². The fourth-order valence-electron chi connectivity index (χ4n) is 2.22. The molecule has 0 amide bonds. The van der Waals surface area contributed by atoms with Crippen molar-refractivity contribution in [1.29, 1.82) is 0 Å². The molecule has 0 saturated carbocycles. The lowest BCUT2D eigenvalue weighted by atomic mass is 9.95. The fraction of sp³-hybridized carbons (Fsp3) is 0.533. The molecule has 1 atom stereocenters. The Hall–Kier alpha value is -1.40. The highest BCUT2D eigenvalue weighted by Gasteiger charge is 2.11. The number of unbranched alkanes of at least 4 members (excludes halogenated alkanes) is 3. The molecule has 118 valence electrons. The van der Waals surface area contributed by atoms with Gasteiger partial charge in [-0.1, -0.05) is 38.3 Å².